The van der Waals surface area contributed by atoms with Gasteiger partial charge in [-0.1, -0.05) is 12.2 Å². The molecule has 0 bridgehead atoms. The molecule has 6 heteroatoms. The zero-order valence-electron chi connectivity index (χ0n) is 9.83. The third-order valence-corrected chi connectivity index (χ3v) is 2.77. The maximum Gasteiger partial charge on any atom is 0.231 e. The van der Waals surface area contributed by atoms with Crippen LogP contribution in [0.2, 0.25) is 0 Å². The number of nitrogens with zero attached hydrogens (tertiary/aromatic N) is 1. The van der Waals surface area contributed by atoms with Gasteiger partial charge in [0.25, 0.3) is 0 Å². The Bertz CT molecular complexity index is 646. The van der Waals surface area contributed by atoms with E-state index in [4.69, 9.17) is 32.2 Å². The molecule has 2 aromatic rings. The van der Waals surface area contributed by atoms with Crippen LogP contribution in [0.4, 0.5) is 0 Å². The Morgan fingerprint density at radius 3 is 2.95 bits per heavy atom. The molecule has 0 fully saturated rings. The van der Waals surface area contributed by atoms with Crippen molar-refractivity contribution in [2.45, 2.75) is 0 Å². The maximum absolute atomic E-state index is 5.73. The van der Waals surface area contributed by atoms with E-state index in [0.717, 1.165) is 0 Å². The molecule has 3 rings (SSSR count). The van der Waals surface area contributed by atoms with Crippen LogP contribution in [0.25, 0.3) is 0 Å². The molecular weight excluding hydrogens is 264 g/mol. The second kappa shape index (κ2) is 4.74. The molecule has 1 aromatic heterocycles. The van der Waals surface area contributed by atoms with E-state index in [-0.39, 0.29) is 11.8 Å². The summed E-state index contributed by atoms with van der Waals surface area (Å²) in [5.41, 5.74) is 6.06. The van der Waals surface area contributed by atoms with Crippen LogP contribution in [0.3, 0.4) is 0 Å². The van der Waals surface area contributed by atoms with Crippen molar-refractivity contribution < 1.29 is 14.2 Å². The topological polar surface area (TPSA) is 66.6 Å². The van der Waals surface area contributed by atoms with Crippen LogP contribution in [0.1, 0.15) is 5.69 Å². The van der Waals surface area contributed by atoms with Crippen LogP contribution < -0.4 is 19.9 Å². The lowest BCUT2D eigenvalue weighted by molar-refractivity contribution is 0.174. The number of hydrogen-bond donors (Lipinski definition) is 1. The van der Waals surface area contributed by atoms with Crippen molar-refractivity contribution in [2.24, 2.45) is 5.73 Å². The molecule has 0 saturated carbocycles. The second-order valence-electron chi connectivity index (χ2n) is 3.83. The van der Waals surface area contributed by atoms with Crippen LogP contribution in [-0.2, 0) is 0 Å². The first kappa shape index (κ1) is 11.7. The largest absolute Gasteiger partial charge is 0.455 e. The number of aromatic nitrogens is 1. The summed E-state index contributed by atoms with van der Waals surface area (Å²) < 4.78 is 16.3. The summed E-state index contributed by atoms with van der Waals surface area (Å²) in [6, 6.07) is 8.83. The molecule has 1 aliphatic heterocycles. The van der Waals surface area contributed by atoms with Gasteiger partial charge in [-0.05, 0) is 24.3 Å². The van der Waals surface area contributed by atoms with Crippen molar-refractivity contribution in [3.63, 3.8) is 0 Å². The quantitative estimate of drug-likeness (QED) is 0.866. The molecule has 0 saturated heterocycles. The van der Waals surface area contributed by atoms with E-state index in [0.29, 0.717) is 28.7 Å². The van der Waals surface area contributed by atoms with Gasteiger partial charge in [-0.2, -0.15) is 0 Å². The monoisotopic (exact) mass is 274 g/mol. The van der Waals surface area contributed by atoms with Gasteiger partial charge in [-0.25, -0.2) is 4.98 Å². The molecule has 1 aromatic carbocycles. The number of hydrogen-bond acceptors (Lipinski definition) is 5. The molecule has 0 radical (unpaired) electrons. The number of ether oxygens (including phenoxy) is 3. The lowest BCUT2D eigenvalue weighted by Crippen LogP contribution is -2.12. The molecule has 96 valence electrons. The molecule has 0 aliphatic carbocycles. The first-order valence-corrected chi connectivity index (χ1v) is 5.97. The number of nitrogens with two attached hydrogens (primary N) is 1. The molecular formula is C13H10N2O3S. The number of thiocarbonyl (C=S) groups is 1. The van der Waals surface area contributed by atoms with Gasteiger partial charge < -0.3 is 19.9 Å². The van der Waals surface area contributed by atoms with Crippen LogP contribution in [0.15, 0.2) is 36.5 Å². The Morgan fingerprint density at radius 1 is 1.26 bits per heavy atom. The van der Waals surface area contributed by atoms with E-state index in [1.165, 1.54) is 0 Å². The van der Waals surface area contributed by atoms with Gasteiger partial charge in [0, 0.05) is 12.3 Å². The average molecular weight is 274 g/mol. The highest BCUT2D eigenvalue weighted by Gasteiger charge is 2.15. The van der Waals surface area contributed by atoms with Gasteiger partial charge in [0.05, 0.1) is 0 Å². The predicted molar refractivity (Wildman–Crippen MR) is 72.8 cm³/mol. The van der Waals surface area contributed by atoms with Gasteiger partial charge in [0.1, 0.15) is 16.4 Å². The minimum atomic E-state index is 0.191. The number of pyridine rings is 1. The van der Waals surface area contributed by atoms with Crippen molar-refractivity contribution in [1.82, 2.24) is 4.98 Å². The molecule has 1 aliphatic rings. The lowest BCUT2D eigenvalue weighted by Gasteiger charge is -2.09. The fourth-order valence-electron chi connectivity index (χ4n) is 1.73. The van der Waals surface area contributed by atoms with Crippen molar-refractivity contribution >= 4 is 17.2 Å². The van der Waals surface area contributed by atoms with Crippen molar-refractivity contribution in [2.75, 3.05) is 6.79 Å². The standard InChI is InChI=1S/C13H10N2O3S/c14-13(19)12-10(2-1-5-15-12)18-8-3-4-9-11(6-8)17-7-16-9/h1-6H,7H2,(H2,14,19). The SMILES string of the molecule is NC(=S)c1ncccc1Oc1ccc2c(c1)OCO2. The zero-order valence-corrected chi connectivity index (χ0v) is 10.6. The Balaban J connectivity index is 1.91. The van der Waals surface area contributed by atoms with E-state index < -0.39 is 0 Å². The molecule has 0 spiro atoms. The summed E-state index contributed by atoms with van der Waals surface area (Å²) in [7, 11) is 0. The molecule has 0 amide bonds. The Kier molecular flexibility index (Phi) is 2.92. The van der Waals surface area contributed by atoms with Crippen LogP contribution >= 0.6 is 12.2 Å². The van der Waals surface area contributed by atoms with Gasteiger partial charge in [-0.3, -0.25) is 0 Å². The summed E-state index contributed by atoms with van der Waals surface area (Å²) in [6.45, 7) is 0.226. The van der Waals surface area contributed by atoms with E-state index in [1.54, 1.807) is 36.5 Å². The first-order valence-electron chi connectivity index (χ1n) is 5.56. The summed E-state index contributed by atoms with van der Waals surface area (Å²) in [6.07, 6.45) is 1.61. The van der Waals surface area contributed by atoms with Crippen LogP contribution in [0.5, 0.6) is 23.0 Å². The average Bonchev–Trinajstić information content (AvgIpc) is 2.86. The van der Waals surface area contributed by atoms with Crippen LogP contribution in [-0.4, -0.2) is 16.8 Å². The highest BCUT2D eigenvalue weighted by molar-refractivity contribution is 7.80. The summed E-state index contributed by atoms with van der Waals surface area (Å²) in [4.78, 5) is 4.29. The Morgan fingerprint density at radius 2 is 2.11 bits per heavy atom. The fourth-order valence-corrected chi connectivity index (χ4v) is 1.88. The van der Waals surface area contributed by atoms with Gasteiger partial charge in [0.15, 0.2) is 17.2 Å². The third-order valence-electron chi connectivity index (χ3n) is 2.58. The minimum absolute atomic E-state index is 0.191. The van der Waals surface area contributed by atoms with E-state index >= 15 is 0 Å². The molecule has 5 nitrogen and oxygen atoms in total. The Labute approximate surface area is 114 Å². The van der Waals surface area contributed by atoms with Gasteiger partial charge in [0.2, 0.25) is 6.79 Å². The van der Waals surface area contributed by atoms with Crippen molar-refractivity contribution in [1.29, 1.82) is 0 Å². The van der Waals surface area contributed by atoms with Gasteiger partial charge in [-0.15, -0.1) is 0 Å². The lowest BCUT2D eigenvalue weighted by atomic mass is 10.3. The van der Waals surface area contributed by atoms with E-state index in [1.807, 2.05) is 0 Å². The van der Waals surface area contributed by atoms with Crippen LogP contribution in [0, 0.1) is 0 Å². The minimum Gasteiger partial charge on any atom is -0.455 e. The summed E-state index contributed by atoms with van der Waals surface area (Å²) >= 11 is 4.94. The zero-order chi connectivity index (χ0) is 13.2. The van der Waals surface area contributed by atoms with Crippen molar-refractivity contribution in [3.05, 3.63) is 42.2 Å². The molecule has 2 N–H and O–H groups in total. The van der Waals surface area contributed by atoms with E-state index in [9.17, 15) is 0 Å². The number of benzene rings is 1. The number of fused-ring (bicyclic) bond motifs is 1. The third kappa shape index (κ3) is 2.30. The summed E-state index contributed by atoms with van der Waals surface area (Å²) in [5, 5.41) is 0. The highest BCUT2D eigenvalue weighted by atomic mass is 32.1. The normalized spacial score (nSPS) is 12.2. The predicted octanol–water partition coefficient (Wildman–Crippen LogP) is 2.24. The molecule has 0 atom stereocenters. The van der Waals surface area contributed by atoms with E-state index in [2.05, 4.69) is 4.98 Å². The molecule has 19 heavy (non-hydrogen) atoms. The fraction of sp³-hybridized carbons (Fsp3) is 0.0769. The Hall–Kier alpha value is -2.34. The van der Waals surface area contributed by atoms with Crippen molar-refractivity contribution in [3.8, 4) is 23.0 Å². The first-order chi connectivity index (χ1) is 9.24. The smallest absolute Gasteiger partial charge is 0.231 e. The molecule has 0 unspecified atom stereocenters. The van der Waals surface area contributed by atoms with Gasteiger partial charge >= 0.3 is 0 Å². The number of rotatable bonds is 3. The summed E-state index contributed by atoms with van der Waals surface area (Å²) in [5.74, 6) is 2.47. The molecule has 2 heterocycles. The highest BCUT2D eigenvalue weighted by Crippen LogP contribution is 2.36. The maximum atomic E-state index is 5.73. The second-order valence-corrected chi connectivity index (χ2v) is 4.27.